The van der Waals surface area contributed by atoms with Crippen LogP contribution in [-0.4, -0.2) is 35.0 Å². The van der Waals surface area contributed by atoms with Gasteiger partial charge in [-0.15, -0.1) is 0 Å². The third kappa shape index (κ3) is 5.96. The van der Waals surface area contributed by atoms with Gasteiger partial charge in [0.05, 0.1) is 0 Å². The van der Waals surface area contributed by atoms with Crippen LogP contribution in [0.4, 0.5) is 0 Å². The van der Waals surface area contributed by atoms with Crippen molar-refractivity contribution in [2.45, 2.75) is 44.4 Å². The minimum atomic E-state index is -1.38. The van der Waals surface area contributed by atoms with Gasteiger partial charge in [0, 0.05) is 19.0 Å². The van der Waals surface area contributed by atoms with Crippen molar-refractivity contribution in [3.63, 3.8) is 0 Å². The first kappa shape index (κ1) is 25.7. The molecule has 194 valence electrons. The van der Waals surface area contributed by atoms with E-state index < -0.39 is 11.9 Å². The SMILES string of the molecule is O=C(O)C(=O)N(CCc1ccccc1)CC(c1cccc(-c2cccc3ccccc23)c1)C1CCCCC1. The van der Waals surface area contributed by atoms with Crippen molar-refractivity contribution in [2.75, 3.05) is 13.1 Å². The van der Waals surface area contributed by atoms with Crippen molar-refractivity contribution in [3.05, 3.63) is 108 Å². The highest BCUT2D eigenvalue weighted by Gasteiger charge is 2.31. The molecule has 4 heteroatoms. The number of amides is 1. The molecular weight excluding hydrogens is 470 g/mol. The van der Waals surface area contributed by atoms with Gasteiger partial charge in [-0.05, 0) is 58.2 Å². The molecule has 1 saturated carbocycles. The number of hydrogen-bond acceptors (Lipinski definition) is 2. The smallest absolute Gasteiger partial charge is 0.394 e. The topological polar surface area (TPSA) is 57.6 Å². The molecule has 0 radical (unpaired) electrons. The quantitative estimate of drug-likeness (QED) is 0.255. The van der Waals surface area contributed by atoms with Gasteiger partial charge < -0.3 is 10.0 Å². The molecule has 0 heterocycles. The summed E-state index contributed by atoms with van der Waals surface area (Å²) < 4.78 is 0. The summed E-state index contributed by atoms with van der Waals surface area (Å²) in [7, 11) is 0. The summed E-state index contributed by atoms with van der Waals surface area (Å²) in [4.78, 5) is 26.3. The van der Waals surface area contributed by atoms with Crippen molar-refractivity contribution in [3.8, 4) is 11.1 Å². The number of carbonyl (C=O) groups is 2. The normalized spacial score (nSPS) is 14.7. The molecule has 0 saturated heterocycles. The molecule has 0 bridgehead atoms. The number of rotatable bonds is 8. The van der Waals surface area contributed by atoms with Gasteiger partial charge >= 0.3 is 11.9 Å². The predicted molar refractivity (Wildman–Crippen MR) is 153 cm³/mol. The number of carbonyl (C=O) groups excluding carboxylic acids is 1. The van der Waals surface area contributed by atoms with Crippen molar-refractivity contribution >= 4 is 22.6 Å². The third-order valence-corrected chi connectivity index (χ3v) is 8.03. The first-order valence-electron chi connectivity index (χ1n) is 13.7. The van der Waals surface area contributed by atoms with Gasteiger partial charge in [0.15, 0.2) is 0 Å². The fourth-order valence-corrected chi connectivity index (χ4v) is 6.03. The van der Waals surface area contributed by atoms with Crippen LogP contribution < -0.4 is 0 Å². The summed E-state index contributed by atoms with van der Waals surface area (Å²) in [6.07, 6.45) is 6.45. The Morgan fingerprint density at radius 2 is 1.53 bits per heavy atom. The van der Waals surface area contributed by atoms with Gasteiger partial charge in [0.25, 0.3) is 0 Å². The van der Waals surface area contributed by atoms with Crippen LogP contribution in [0.1, 0.15) is 49.1 Å². The number of carboxylic acid groups (broad SMARTS) is 1. The maximum Gasteiger partial charge on any atom is 0.394 e. The molecule has 0 aliphatic heterocycles. The highest BCUT2D eigenvalue weighted by atomic mass is 16.4. The zero-order valence-electron chi connectivity index (χ0n) is 21.8. The monoisotopic (exact) mass is 505 g/mol. The van der Waals surface area contributed by atoms with Crippen molar-refractivity contribution in [2.24, 2.45) is 5.92 Å². The van der Waals surface area contributed by atoms with Crippen LogP contribution in [0.25, 0.3) is 21.9 Å². The molecule has 1 fully saturated rings. The van der Waals surface area contributed by atoms with E-state index in [1.54, 1.807) is 4.90 Å². The fourth-order valence-electron chi connectivity index (χ4n) is 6.03. The van der Waals surface area contributed by atoms with Crippen LogP contribution in [0.2, 0.25) is 0 Å². The number of carboxylic acids is 1. The molecule has 38 heavy (non-hydrogen) atoms. The lowest BCUT2D eigenvalue weighted by molar-refractivity contribution is -0.156. The second kappa shape index (κ2) is 12.1. The molecule has 0 spiro atoms. The Hall–Kier alpha value is -3.92. The first-order chi connectivity index (χ1) is 18.6. The molecule has 4 nitrogen and oxygen atoms in total. The third-order valence-electron chi connectivity index (χ3n) is 8.03. The Kier molecular flexibility index (Phi) is 8.18. The number of fused-ring (bicyclic) bond motifs is 1. The molecule has 1 N–H and O–H groups in total. The van der Waals surface area contributed by atoms with Gasteiger partial charge in [-0.2, -0.15) is 0 Å². The number of hydrogen-bond donors (Lipinski definition) is 1. The summed E-state index contributed by atoms with van der Waals surface area (Å²) in [5, 5.41) is 12.1. The molecular formula is C34H35NO3. The van der Waals surface area contributed by atoms with E-state index in [9.17, 15) is 14.7 Å². The Balaban J connectivity index is 1.48. The number of nitrogens with zero attached hydrogens (tertiary/aromatic N) is 1. The van der Waals surface area contributed by atoms with E-state index in [4.69, 9.17) is 0 Å². The van der Waals surface area contributed by atoms with E-state index in [2.05, 4.69) is 66.7 Å². The summed E-state index contributed by atoms with van der Waals surface area (Å²) in [6.45, 7) is 0.809. The summed E-state index contributed by atoms with van der Waals surface area (Å²) >= 11 is 0. The Bertz CT molecular complexity index is 1390. The van der Waals surface area contributed by atoms with Gasteiger partial charge in [-0.25, -0.2) is 4.79 Å². The molecule has 1 unspecified atom stereocenters. The molecule has 5 rings (SSSR count). The Labute approximate surface area is 224 Å². The Morgan fingerprint density at radius 3 is 2.32 bits per heavy atom. The average Bonchev–Trinajstić information content (AvgIpc) is 2.97. The minimum absolute atomic E-state index is 0.0873. The highest BCUT2D eigenvalue weighted by Crippen LogP contribution is 2.39. The van der Waals surface area contributed by atoms with E-state index in [-0.39, 0.29) is 5.92 Å². The van der Waals surface area contributed by atoms with E-state index >= 15 is 0 Å². The van der Waals surface area contributed by atoms with Crippen molar-refractivity contribution in [1.82, 2.24) is 4.90 Å². The molecule has 4 aromatic rings. The number of benzene rings is 4. The summed E-state index contributed by atoms with van der Waals surface area (Å²) in [6, 6.07) is 33.5. The van der Waals surface area contributed by atoms with Gasteiger partial charge in [-0.1, -0.05) is 116 Å². The first-order valence-corrected chi connectivity index (χ1v) is 13.7. The van der Waals surface area contributed by atoms with Gasteiger partial charge in [0.1, 0.15) is 0 Å². The second-order valence-corrected chi connectivity index (χ2v) is 10.4. The van der Waals surface area contributed by atoms with Crippen LogP contribution in [0, 0.1) is 5.92 Å². The van der Waals surface area contributed by atoms with Crippen LogP contribution >= 0.6 is 0 Å². The zero-order valence-corrected chi connectivity index (χ0v) is 21.8. The lowest BCUT2D eigenvalue weighted by atomic mass is 9.76. The molecule has 0 aromatic heterocycles. The standard InChI is InChI=1S/C34H35NO3/c36-33(34(37)38)35(22-21-25-11-3-1-4-12-25)24-32(27-13-5-2-6-14-27)29-18-9-17-28(23-29)31-20-10-16-26-15-7-8-19-30(26)31/h1,3-4,7-12,15-20,23,27,32H,2,5-6,13-14,21-22,24H2,(H,37,38). The highest BCUT2D eigenvalue weighted by molar-refractivity contribution is 6.31. The largest absolute Gasteiger partial charge is 0.474 e. The maximum absolute atomic E-state index is 12.9. The lowest BCUT2D eigenvalue weighted by Gasteiger charge is -2.34. The predicted octanol–water partition coefficient (Wildman–Crippen LogP) is 7.33. The van der Waals surface area contributed by atoms with Crippen LogP contribution in [0.15, 0.2) is 97.1 Å². The van der Waals surface area contributed by atoms with Gasteiger partial charge in [-0.3, -0.25) is 4.79 Å². The molecule has 1 aliphatic carbocycles. The summed E-state index contributed by atoms with van der Waals surface area (Å²) in [5.41, 5.74) is 4.63. The zero-order chi connectivity index (χ0) is 26.3. The average molecular weight is 506 g/mol. The van der Waals surface area contributed by atoms with Crippen LogP contribution in [0.3, 0.4) is 0 Å². The summed E-state index contributed by atoms with van der Waals surface area (Å²) in [5.74, 6) is -1.69. The lowest BCUT2D eigenvalue weighted by Crippen LogP contribution is -2.42. The maximum atomic E-state index is 12.9. The minimum Gasteiger partial charge on any atom is -0.474 e. The fraction of sp³-hybridized carbons (Fsp3) is 0.294. The molecule has 1 aliphatic rings. The van der Waals surface area contributed by atoms with Crippen LogP contribution in [-0.2, 0) is 16.0 Å². The van der Waals surface area contributed by atoms with Crippen molar-refractivity contribution < 1.29 is 14.7 Å². The van der Waals surface area contributed by atoms with E-state index in [1.807, 2.05) is 30.3 Å². The van der Waals surface area contributed by atoms with Crippen molar-refractivity contribution in [1.29, 1.82) is 0 Å². The molecule has 1 amide bonds. The van der Waals surface area contributed by atoms with Crippen LogP contribution in [0.5, 0.6) is 0 Å². The van der Waals surface area contributed by atoms with E-state index in [0.717, 1.165) is 24.0 Å². The van der Waals surface area contributed by atoms with E-state index in [0.29, 0.717) is 25.4 Å². The Morgan fingerprint density at radius 1 is 0.816 bits per heavy atom. The van der Waals surface area contributed by atoms with E-state index in [1.165, 1.54) is 41.2 Å². The molecule has 1 atom stereocenters. The second-order valence-electron chi connectivity index (χ2n) is 10.4. The number of aliphatic carboxylic acids is 1. The van der Waals surface area contributed by atoms with Gasteiger partial charge in [0.2, 0.25) is 0 Å². The molecule has 4 aromatic carbocycles.